The zero-order chi connectivity index (χ0) is 16.2. The summed E-state index contributed by atoms with van der Waals surface area (Å²) >= 11 is 0. The number of aryl methyl sites for hydroxylation is 1. The maximum Gasteiger partial charge on any atom is 0.230 e. The van der Waals surface area contributed by atoms with Gasteiger partial charge in [0.15, 0.2) is 0 Å². The largest absolute Gasteiger partial charge is 0.424 e. The summed E-state index contributed by atoms with van der Waals surface area (Å²) in [7, 11) is 0. The topological polar surface area (TPSA) is 62.4 Å². The fourth-order valence-electron chi connectivity index (χ4n) is 3.18. The number of aromatic nitrogens is 2. The van der Waals surface area contributed by atoms with Gasteiger partial charge in [-0.05, 0) is 56.8 Å². The molecular weight excluding hydrogens is 290 g/mol. The first kappa shape index (κ1) is 16.1. The third-order valence-corrected chi connectivity index (χ3v) is 4.78. The molecule has 1 N–H and O–H groups in total. The molecule has 0 amide bonds. The van der Waals surface area contributed by atoms with Gasteiger partial charge in [-0.3, -0.25) is 4.90 Å². The van der Waals surface area contributed by atoms with Crippen LogP contribution < -0.4 is 0 Å². The lowest BCUT2D eigenvalue weighted by Gasteiger charge is -2.32. The quantitative estimate of drug-likeness (QED) is 0.919. The van der Waals surface area contributed by atoms with Crippen LogP contribution in [0.4, 0.5) is 0 Å². The summed E-state index contributed by atoms with van der Waals surface area (Å²) in [5.74, 6) is 1.78. The number of aliphatic hydroxyl groups is 1. The van der Waals surface area contributed by atoms with E-state index in [1.807, 2.05) is 19.1 Å². The Balaban J connectivity index is 1.55. The van der Waals surface area contributed by atoms with Crippen LogP contribution in [-0.4, -0.2) is 39.4 Å². The van der Waals surface area contributed by atoms with E-state index in [1.165, 1.54) is 11.1 Å². The number of nitrogens with zero attached hydrogens (tertiary/aromatic N) is 3. The SMILES string of the molecule is Cc1ccccc1Cc1nnc(CN2CCC(C(C)O)CC2)o1. The van der Waals surface area contributed by atoms with E-state index in [2.05, 4.69) is 34.2 Å². The minimum absolute atomic E-state index is 0.207. The van der Waals surface area contributed by atoms with E-state index in [1.54, 1.807) is 0 Å². The highest BCUT2D eigenvalue weighted by molar-refractivity contribution is 5.27. The molecule has 1 fully saturated rings. The zero-order valence-corrected chi connectivity index (χ0v) is 13.9. The number of hydrogen-bond acceptors (Lipinski definition) is 5. The van der Waals surface area contributed by atoms with Gasteiger partial charge in [0.1, 0.15) is 0 Å². The van der Waals surface area contributed by atoms with Crippen LogP contribution in [0.3, 0.4) is 0 Å². The number of aliphatic hydroxyl groups excluding tert-OH is 1. The second kappa shape index (κ2) is 7.23. The van der Waals surface area contributed by atoms with E-state index < -0.39 is 0 Å². The number of rotatable bonds is 5. The number of benzene rings is 1. The van der Waals surface area contributed by atoms with Gasteiger partial charge >= 0.3 is 0 Å². The Morgan fingerprint density at radius 3 is 2.61 bits per heavy atom. The van der Waals surface area contributed by atoms with Crippen LogP contribution in [0.25, 0.3) is 0 Å². The van der Waals surface area contributed by atoms with Crippen molar-refractivity contribution in [3.8, 4) is 0 Å². The van der Waals surface area contributed by atoms with Gasteiger partial charge in [-0.15, -0.1) is 10.2 Å². The summed E-state index contributed by atoms with van der Waals surface area (Å²) in [6.07, 6.45) is 2.54. The van der Waals surface area contributed by atoms with E-state index >= 15 is 0 Å². The van der Waals surface area contributed by atoms with Crippen molar-refractivity contribution >= 4 is 0 Å². The Bertz CT molecular complexity index is 631. The highest BCUT2D eigenvalue weighted by Gasteiger charge is 2.23. The third-order valence-electron chi connectivity index (χ3n) is 4.78. The summed E-state index contributed by atoms with van der Waals surface area (Å²) in [5, 5.41) is 18.0. The fourth-order valence-corrected chi connectivity index (χ4v) is 3.18. The monoisotopic (exact) mass is 315 g/mol. The third kappa shape index (κ3) is 4.18. The Hall–Kier alpha value is -1.72. The predicted octanol–water partition coefficient (Wildman–Crippen LogP) is 2.56. The molecule has 1 aliphatic heterocycles. The smallest absolute Gasteiger partial charge is 0.230 e. The maximum absolute atomic E-state index is 9.66. The van der Waals surface area contributed by atoms with Crippen LogP contribution >= 0.6 is 0 Å². The van der Waals surface area contributed by atoms with Crippen LogP contribution in [0.15, 0.2) is 28.7 Å². The van der Waals surface area contributed by atoms with Crippen molar-refractivity contribution in [2.24, 2.45) is 5.92 Å². The molecule has 0 bridgehead atoms. The molecular formula is C18H25N3O2. The lowest BCUT2D eigenvalue weighted by Crippen LogP contribution is -2.36. The summed E-state index contributed by atoms with van der Waals surface area (Å²) in [6.45, 7) is 6.64. The Morgan fingerprint density at radius 2 is 1.91 bits per heavy atom. The molecule has 1 aliphatic rings. The molecule has 1 aromatic heterocycles. The molecule has 0 aliphatic carbocycles. The van der Waals surface area contributed by atoms with E-state index in [4.69, 9.17) is 4.42 Å². The van der Waals surface area contributed by atoms with Crippen molar-refractivity contribution in [2.75, 3.05) is 13.1 Å². The first-order valence-electron chi connectivity index (χ1n) is 8.38. The molecule has 2 aromatic rings. The molecule has 1 unspecified atom stereocenters. The molecule has 0 spiro atoms. The van der Waals surface area contributed by atoms with Crippen molar-refractivity contribution in [3.63, 3.8) is 0 Å². The van der Waals surface area contributed by atoms with Gasteiger partial charge in [-0.25, -0.2) is 0 Å². The highest BCUT2D eigenvalue weighted by atomic mass is 16.4. The van der Waals surface area contributed by atoms with E-state index in [0.29, 0.717) is 30.7 Å². The van der Waals surface area contributed by atoms with Crippen molar-refractivity contribution in [2.45, 2.75) is 45.8 Å². The molecule has 3 rings (SSSR count). The molecule has 0 saturated carbocycles. The zero-order valence-electron chi connectivity index (χ0n) is 13.9. The molecule has 5 nitrogen and oxygen atoms in total. The molecule has 2 heterocycles. The van der Waals surface area contributed by atoms with Crippen molar-refractivity contribution in [3.05, 3.63) is 47.2 Å². The summed E-state index contributed by atoms with van der Waals surface area (Å²) in [5.41, 5.74) is 2.47. The second-order valence-corrected chi connectivity index (χ2v) is 6.55. The van der Waals surface area contributed by atoms with E-state index in [0.717, 1.165) is 25.9 Å². The van der Waals surface area contributed by atoms with Crippen molar-refractivity contribution in [1.82, 2.24) is 15.1 Å². The number of piperidine rings is 1. The van der Waals surface area contributed by atoms with Gasteiger partial charge in [0.05, 0.1) is 19.1 Å². The number of hydrogen-bond donors (Lipinski definition) is 1. The van der Waals surface area contributed by atoms with E-state index in [9.17, 15) is 5.11 Å². The minimum atomic E-state index is -0.207. The Labute approximate surface area is 137 Å². The standard InChI is InChI=1S/C18H25N3O2/c1-13-5-3-4-6-16(13)11-17-19-20-18(23-17)12-21-9-7-15(8-10-21)14(2)22/h3-6,14-15,22H,7-12H2,1-2H3. The predicted molar refractivity (Wildman–Crippen MR) is 88.0 cm³/mol. The van der Waals surface area contributed by atoms with Crippen LogP contribution in [0, 0.1) is 12.8 Å². The van der Waals surface area contributed by atoms with Gasteiger partial charge in [0.25, 0.3) is 0 Å². The summed E-state index contributed by atoms with van der Waals surface area (Å²) in [4.78, 5) is 2.32. The normalized spacial score (nSPS) is 18.2. The fraction of sp³-hybridized carbons (Fsp3) is 0.556. The van der Waals surface area contributed by atoms with Gasteiger partial charge in [0.2, 0.25) is 11.8 Å². The highest BCUT2D eigenvalue weighted by Crippen LogP contribution is 2.22. The van der Waals surface area contributed by atoms with Gasteiger partial charge in [-0.2, -0.15) is 0 Å². The molecule has 5 heteroatoms. The summed E-state index contributed by atoms with van der Waals surface area (Å²) in [6, 6.07) is 8.26. The molecule has 23 heavy (non-hydrogen) atoms. The van der Waals surface area contributed by atoms with Crippen LogP contribution in [0.1, 0.15) is 42.7 Å². The molecule has 1 aromatic carbocycles. The first-order chi connectivity index (χ1) is 11.1. The minimum Gasteiger partial charge on any atom is -0.424 e. The lowest BCUT2D eigenvalue weighted by molar-refractivity contribution is 0.0666. The average molecular weight is 315 g/mol. The molecule has 124 valence electrons. The maximum atomic E-state index is 9.66. The molecule has 0 radical (unpaired) electrons. The summed E-state index contributed by atoms with van der Waals surface area (Å²) < 4.78 is 5.81. The van der Waals surface area contributed by atoms with E-state index in [-0.39, 0.29) is 6.10 Å². The second-order valence-electron chi connectivity index (χ2n) is 6.55. The van der Waals surface area contributed by atoms with Gasteiger partial charge in [0, 0.05) is 0 Å². The first-order valence-corrected chi connectivity index (χ1v) is 8.38. The van der Waals surface area contributed by atoms with Crippen LogP contribution in [0.2, 0.25) is 0 Å². The lowest BCUT2D eigenvalue weighted by atomic mass is 9.92. The van der Waals surface area contributed by atoms with Gasteiger partial charge in [-0.1, -0.05) is 24.3 Å². The van der Waals surface area contributed by atoms with Crippen LogP contribution in [0.5, 0.6) is 0 Å². The van der Waals surface area contributed by atoms with Crippen molar-refractivity contribution < 1.29 is 9.52 Å². The Morgan fingerprint density at radius 1 is 1.22 bits per heavy atom. The van der Waals surface area contributed by atoms with Crippen LogP contribution in [-0.2, 0) is 13.0 Å². The molecule has 1 saturated heterocycles. The molecule has 1 atom stereocenters. The number of likely N-dealkylation sites (tertiary alicyclic amines) is 1. The van der Waals surface area contributed by atoms with Gasteiger partial charge < -0.3 is 9.52 Å². The van der Waals surface area contributed by atoms with Crippen molar-refractivity contribution in [1.29, 1.82) is 0 Å². The average Bonchev–Trinajstić information content (AvgIpc) is 2.97. The Kier molecular flexibility index (Phi) is 5.08.